The molecule has 2 aromatic heterocycles. The van der Waals surface area contributed by atoms with Crippen LogP contribution in [0.2, 0.25) is 5.02 Å². The Morgan fingerprint density at radius 2 is 1.69 bits per heavy atom. The van der Waals surface area contributed by atoms with Crippen molar-refractivity contribution < 1.29 is 0 Å². The second kappa shape index (κ2) is 6.73. The van der Waals surface area contributed by atoms with Crippen molar-refractivity contribution in [3.63, 3.8) is 0 Å². The molecule has 5 heteroatoms. The highest BCUT2D eigenvalue weighted by Gasteiger charge is 2.14. The van der Waals surface area contributed by atoms with Crippen LogP contribution in [0.15, 0.2) is 71.5 Å². The van der Waals surface area contributed by atoms with Crippen LogP contribution in [0.1, 0.15) is 6.92 Å². The number of aromatic nitrogens is 3. The van der Waals surface area contributed by atoms with Crippen LogP contribution in [0.25, 0.3) is 33.5 Å². The van der Waals surface area contributed by atoms with Crippen LogP contribution < -0.4 is 5.69 Å². The SMILES string of the molecule is CCn1c(=O)nc(-c2cccc(Cl)c2)c2ccc(-c3ccccc3)nc21. The lowest BCUT2D eigenvalue weighted by Crippen LogP contribution is -2.24. The molecule has 0 N–H and O–H groups in total. The number of nitrogens with zero attached hydrogens (tertiary/aromatic N) is 3. The molecular weight excluding hydrogens is 346 g/mol. The fourth-order valence-electron chi connectivity index (χ4n) is 3.06. The number of fused-ring (bicyclic) bond motifs is 1. The molecule has 0 atom stereocenters. The van der Waals surface area contributed by atoms with Gasteiger partial charge in [0.1, 0.15) is 5.65 Å². The van der Waals surface area contributed by atoms with Gasteiger partial charge in [0.05, 0.1) is 11.4 Å². The van der Waals surface area contributed by atoms with Crippen LogP contribution in [-0.2, 0) is 6.54 Å². The molecule has 2 heterocycles. The van der Waals surface area contributed by atoms with Crippen molar-refractivity contribution in [1.82, 2.24) is 14.5 Å². The first-order valence-electron chi connectivity index (χ1n) is 8.40. The first-order valence-corrected chi connectivity index (χ1v) is 8.78. The van der Waals surface area contributed by atoms with E-state index in [2.05, 4.69) is 4.98 Å². The molecule has 0 spiro atoms. The van der Waals surface area contributed by atoms with Gasteiger partial charge in [-0.1, -0.05) is 54.1 Å². The van der Waals surface area contributed by atoms with E-state index in [4.69, 9.17) is 16.6 Å². The summed E-state index contributed by atoms with van der Waals surface area (Å²) >= 11 is 6.12. The zero-order valence-electron chi connectivity index (χ0n) is 14.2. The monoisotopic (exact) mass is 361 g/mol. The minimum atomic E-state index is -0.312. The van der Waals surface area contributed by atoms with E-state index in [1.54, 1.807) is 10.6 Å². The van der Waals surface area contributed by atoms with Crippen LogP contribution in [0.4, 0.5) is 0 Å². The van der Waals surface area contributed by atoms with Gasteiger partial charge in [-0.05, 0) is 31.2 Å². The molecule has 128 valence electrons. The van der Waals surface area contributed by atoms with Crippen LogP contribution in [-0.4, -0.2) is 14.5 Å². The van der Waals surface area contributed by atoms with Crippen molar-refractivity contribution in [3.05, 3.63) is 82.2 Å². The molecule has 0 amide bonds. The Kier molecular flexibility index (Phi) is 4.27. The van der Waals surface area contributed by atoms with Crippen LogP contribution >= 0.6 is 11.6 Å². The van der Waals surface area contributed by atoms with Crippen molar-refractivity contribution in [3.8, 4) is 22.5 Å². The van der Waals surface area contributed by atoms with E-state index in [1.807, 2.05) is 67.6 Å². The van der Waals surface area contributed by atoms with Gasteiger partial charge in [0.15, 0.2) is 0 Å². The van der Waals surface area contributed by atoms with Gasteiger partial charge < -0.3 is 0 Å². The second-order valence-corrected chi connectivity index (χ2v) is 6.37. The Hall–Kier alpha value is -2.98. The van der Waals surface area contributed by atoms with Crippen molar-refractivity contribution in [1.29, 1.82) is 0 Å². The minimum absolute atomic E-state index is 0.312. The topological polar surface area (TPSA) is 47.8 Å². The average Bonchev–Trinajstić information content (AvgIpc) is 2.67. The highest BCUT2D eigenvalue weighted by molar-refractivity contribution is 6.30. The maximum absolute atomic E-state index is 12.6. The maximum Gasteiger partial charge on any atom is 0.349 e. The van der Waals surface area contributed by atoms with Crippen LogP contribution in [0.5, 0.6) is 0 Å². The highest BCUT2D eigenvalue weighted by Crippen LogP contribution is 2.28. The Balaban J connectivity index is 2.03. The number of hydrogen-bond acceptors (Lipinski definition) is 3. The van der Waals surface area contributed by atoms with Crippen LogP contribution in [0, 0.1) is 0 Å². The summed E-state index contributed by atoms with van der Waals surface area (Å²) in [6.45, 7) is 2.42. The Morgan fingerprint density at radius 3 is 2.42 bits per heavy atom. The van der Waals surface area contributed by atoms with Gasteiger partial charge in [-0.2, -0.15) is 4.98 Å². The van der Waals surface area contributed by atoms with Gasteiger partial charge in [-0.25, -0.2) is 9.78 Å². The summed E-state index contributed by atoms with van der Waals surface area (Å²) in [5, 5.41) is 1.43. The van der Waals surface area contributed by atoms with E-state index >= 15 is 0 Å². The molecule has 0 radical (unpaired) electrons. The van der Waals surface area contributed by atoms with Gasteiger partial charge in [0.25, 0.3) is 0 Å². The predicted octanol–water partition coefficient (Wildman–Crippen LogP) is 4.80. The van der Waals surface area contributed by atoms with E-state index in [-0.39, 0.29) is 5.69 Å². The number of pyridine rings is 1. The summed E-state index contributed by atoms with van der Waals surface area (Å²) in [7, 11) is 0. The van der Waals surface area contributed by atoms with Gasteiger partial charge in [-0.3, -0.25) is 4.57 Å². The number of benzene rings is 2. The lowest BCUT2D eigenvalue weighted by Gasteiger charge is -2.12. The Morgan fingerprint density at radius 1 is 0.923 bits per heavy atom. The molecule has 4 aromatic rings. The third-order valence-corrected chi connectivity index (χ3v) is 4.54. The normalized spacial score (nSPS) is 11.0. The average molecular weight is 362 g/mol. The van der Waals surface area contributed by atoms with E-state index in [0.29, 0.717) is 22.9 Å². The Bertz CT molecular complexity index is 1150. The predicted molar refractivity (Wildman–Crippen MR) is 105 cm³/mol. The molecule has 0 aliphatic heterocycles. The zero-order valence-corrected chi connectivity index (χ0v) is 14.9. The second-order valence-electron chi connectivity index (χ2n) is 5.93. The molecule has 4 nitrogen and oxygen atoms in total. The molecular formula is C21H16ClN3O. The number of aryl methyl sites for hydroxylation is 1. The minimum Gasteiger partial charge on any atom is -0.276 e. The van der Waals surface area contributed by atoms with Crippen molar-refractivity contribution in [2.24, 2.45) is 0 Å². The largest absolute Gasteiger partial charge is 0.349 e. The first-order chi connectivity index (χ1) is 12.7. The summed E-state index contributed by atoms with van der Waals surface area (Å²) in [6.07, 6.45) is 0. The third kappa shape index (κ3) is 2.89. The van der Waals surface area contributed by atoms with Crippen molar-refractivity contribution in [2.75, 3.05) is 0 Å². The highest BCUT2D eigenvalue weighted by atomic mass is 35.5. The zero-order chi connectivity index (χ0) is 18.1. The molecule has 0 aliphatic rings. The Labute approximate surface area is 155 Å². The molecule has 4 rings (SSSR count). The van der Waals surface area contributed by atoms with Crippen molar-refractivity contribution >= 4 is 22.6 Å². The summed E-state index contributed by atoms with van der Waals surface area (Å²) in [4.78, 5) is 21.6. The number of hydrogen-bond donors (Lipinski definition) is 0. The molecule has 26 heavy (non-hydrogen) atoms. The molecule has 0 bridgehead atoms. The van der Waals surface area contributed by atoms with Gasteiger partial charge in [-0.15, -0.1) is 0 Å². The lowest BCUT2D eigenvalue weighted by atomic mass is 10.1. The molecule has 0 unspecified atom stereocenters. The van der Waals surface area contributed by atoms with E-state index < -0.39 is 0 Å². The van der Waals surface area contributed by atoms with Gasteiger partial charge >= 0.3 is 5.69 Å². The quantitative estimate of drug-likeness (QED) is 0.526. The fraction of sp³-hybridized carbons (Fsp3) is 0.0952. The maximum atomic E-state index is 12.6. The molecule has 0 aliphatic carbocycles. The van der Waals surface area contributed by atoms with Crippen LogP contribution in [0.3, 0.4) is 0 Å². The summed E-state index contributed by atoms with van der Waals surface area (Å²) in [5.74, 6) is 0. The molecule has 0 fully saturated rings. The van der Waals surface area contributed by atoms with Gasteiger partial charge in [0.2, 0.25) is 0 Å². The molecule has 0 saturated heterocycles. The summed E-state index contributed by atoms with van der Waals surface area (Å²) < 4.78 is 1.59. The summed E-state index contributed by atoms with van der Waals surface area (Å²) in [5.41, 5.74) is 3.55. The molecule has 2 aromatic carbocycles. The third-order valence-electron chi connectivity index (χ3n) is 4.31. The van der Waals surface area contributed by atoms with Gasteiger partial charge in [0, 0.05) is 28.1 Å². The lowest BCUT2D eigenvalue weighted by molar-refractivity contribution is 0.724. The van der Waals surface area contributed by atoms with Crippen molar-refractivity contribution in [2.45, 2.75) is 13.5 Å². The van der Waals surface area contributed by atoms with E-state index in [0.717, 1.165) is 22.2 Å². The molecule has 0 saturated carbocycles. The van der Waals surface area contributed by atoms with E-state index in [1.165, 1.54) is 0 Å². The smallest absolute Gasteiger partial charge is 0.276 e. The standard InChI is InChI=1S/C21H16ClN3O/c1-2-25-20-17(11-12-18(23-20)14-7-4-3-5-8-14)19(24-21(25)26)15-9-6-10-16(22)13-15/h3-13H,2H2,1H3. The number of rotatable bonds is 3. The van der Waals surface area contributed by atoms with E-state index in [9.17, 15) is 4.79 Å². The summed E-state index contributed by atoms with van der Waals surface area (Å²) in [6, 6.07) is 21.2. The first kappa shape index (κ1) is 16.5. The number of halogens is 1. The fourth-order valence-corrected chi connectivity index (χ4v) is 3.25.